The van der Waals surface area contributed by atoms with Crippen LogP contribution in [-0.2, 0) is 6.42 Å². The lowest BCUT2D eigenvalue weighted by Gasteiger charge is -2.21. The molecule has 2 aromatic heterocycles. The number of anilines is 2. The molecule has 1 aliphatic heterocycles. The van der Waals surface area contributed by atoms with Crippen LogP contribution in [-0.4, -0.2) is 59.9 Å². The number of nitriles is 1. The number of aryl methyl sites for hydroxylation is 1. The summed E-state index contributed by atoms with van der Waals surface area (Å²) in [4.78, 5) is 9.36. The van der Waals surface area contributed by atoms with E-state index in [9.17, 15) is 5.26 Å². The van der Waals surface area contributed by atoms with Gasteiger partial charge in [0.1, 0.15) is 5.82 Å². The Morgan fingerprint density at radius 2 is 2.06 bits per heavy atom. The van der Waals surface area contributed by atoms with Gasteiger partial charge < -0.3 is 15.1 Å². The zero-order valence-electron chi connectivity index (χ0n) is 18.7. The fourth-order valence-electron chi connectivity index (χ4n) is 4.23. The minimum absolute atomic E-state index is 0.555. The first-order valence-corrected chi connectivity index (χ1v) is 10.7. The zero-order chi connectivity index (χ0) is 22.0. The SMILES string of the molecule is Cc1c(C#N)cccc1CCNc1nnc(C)c2cnc(N3CC[C@H](N(C)C)C3)cc12. The van der Waals surface area contributed by atoms with Gasteiger partial charge in [-0.15, -0.1) is 5.10 Å². The highest BCUT2D eigenvalue weighted by atomic mass is 15.3. The summed E-state index contributed by atoms with van der Waals surface area (Å²) in [6, 6.07) is 10.8. The van der Waals surface area contributed by atoms with Crippen molar-refractivity contribution in [1.82, 2.24) is 20.1 Å². The number of fused-ring (bicyclic) bond motifs is 1. The summed E-state index contributed by atoms with van der Waals surface area (Å²) in [7, 11) is 4.27. The largest absolute Gasteiger partial charge is 0.368 e. The number of rotatable bonds is 6. The lowest BCUT2D eigenvalue weighted by atomic mass is 10.0. The van der Waals surface area contributed by atoms with Crippen molar-refractivity contribution in [2.24, 2.45) is 0 Å². The molecule has 4 rings (SSSR count). The molecule has 1 aliphatic rings. The molecule has 0 bridgehead atoms. The van der Waals surface area contributed by atoms with Gasteiger partial charge in [0, 0.05) is 42.6 Å². The van der Waals surface area contributed by atoms with Crippen molar-refractivity contribution in [2.45, 2.75) is 32.7 Å². The van der Waals surface area contributed by atoms with Crippen LogP contribution in [0.25, 0.3) is 10.8 Å². The molecular formula is C24H29N7. The maximum atomic E-state index is 9.26. The highest BCUT2D eigenvalue weighted by Crippen LogP contribution is 2.28. The van der Waals surface area contributed by atoms with Gasteiger partial charge in [0.2, 0.25) is 0 Å². The smallest absolute Gasteiger partial charge is 0.156 e. The third-order valence-electron chi connectivity index (χ3n) is 6.31. The number of nitrogens with zero attached hydrogens (tertiary/aromatic N) is 6. The lowest BCUT2D eigenvalue weighted by Crippen LogP contribution is -2.31. The second kappa shape index (κ2) is 8.86. The molecule has 0 unspecified atom stereocenters. The molecule has 0 radical (unpaired) electrons. The molecule has 3 aromatic rings. The average Bonchev–Trinajstić information content (AvgIpc) is 3.27. The standard InChI is InChI=1S/C24H29N7/c1-16-18(6-5-7-19(16)13-25)8-10-26-24-21-12-23(27-14-22(21)17(2)28-29-24)31-11-9-20(15-31)30(3)4/h5-7,12,14,20H,8-11,15H2,1-4H3,(H,26,29)/t20-/m0/s1. The van der Waals surface area contributed by atoms with Crippen LogP contribution in [0, 0.1) is 25.2 Å². The molecule has 0 aliphatic carbocycles. The van der Waals surface area contributed by atoms with Crippen LogP contribution >= 0.6 is 0 Å². The minimum Gasteiger partial charge on any atom is -0.368 e. The molecule has 1 fully saturated rings. The Morgan fingerprint density at radius 3 is 2.81 bits per heavy atom. The second-order valence-electron chi connectivity index (χ2n) is 8.45. The van der Waals surface area contributed by atoms with Gasteiger partial charge in [0.15, 0.2) is 5.82 Å². The summed E-state index contributed by atoms with van der Waals surface area (Å²) in [6.07, 6.45) is 3.88. The molecule has 1 aromatic carbocycles. The fraction of sp³-hybridized carbons (Fsp3) is 0.417. The minimum atomic E-state index is 0.555. The van der Waals surface area contributed by atoms with Gasteiger partial charge in [0.05, 0.1) is 17.3 Å². The van der Waals surface area contributed by atoms with E-state index in [0.29, 0.717) is 12.6 Å². The highest BCUT2D eigenvalue weighted by molar-refractivity contribution is 5.94. The molecule has 160 valence electrons. The Bertz CT molecular complexity index is 1130. The van der Waals surface area contributed by atoms with Crippen LogP contribution in [0.3, 0.4) is 0 Å². The summed E-state index contributed by atoms with van der Waals surface area (Å²) in [6.45, 7) is 6.68. The lowest BCUT2D eigenvalue weighted by molar-refractivity contribution is 0.315. The van der Waals surface area contributed by atoms with Gasteiger partial charge in [-0.05, 0) is 64.0 Å². The predicted molar refractivity (Wildman–Crippen MR) is 124 cm³/mol. The summed E-state index contributed by atoms with van der Waals surface area (Å²) in [5, 5.41) is 23.5. The van der Waals surface area contributed by atoms with Crippen molar-refractivity contribution in [3.8, 4) is 6.07 Å². The van der Waals surface area contributed by atoms with Gasteiger partial charge in [0.25, 0.3) is 0 Å². The van der Waals surface area contributed by atoms with E-state index in [0.717, 1.165) is 65.2 Å². The van der Waals surface area contributed by atoms with Crippen LogP contribution in [0.15, 0.2) is 30.5 Å². The van der Waals surface area contributed by atoms with Gasteiger partial charge in [-0.2, -0.15) is 10.4 Å². The van der Waals surface area contributed by atoms with Crippen molar-refractivity contribution in [1.29, 1.82) is 5.26 Å². The van der Waals surface area contributed by atoms with E-state index in [1.165, 1.54) is 5.56 Å². The van der Waals surface area contributed by atoms with Gasteiger partial charge in [-0.3, -0.25) is 0 Å². The summed E-state index contributed by atoms with van der Waals surface area (Å²) in [5.41, 5.74) is 3.83. The first-order valence-electron chi connectivity index (χ1n) is 10.7. The number of nitrogens with one attached hydrogen (secondary N) is 1. The van der Waals surface area contributed by atoms with E-state index in [4.69, 9.17) is 4.98 Å². The number of benzene rings is 1. The summed E-state index contributed by atoms with van der Waals surface area (Å²) in [5.74, 6) is 1.77. The van der Waals surface area contributed by atoms with Crippen molar-refractivity contribution >= 4 is 22.4 Å². The van der Waals surface area contributed by atoms with Crippen LogP contribution in [0.4, 0.5) is 11.6 Å². The van der Waals surface area contributed by atoms with E-state index in [1.807, 2.05) is 32.2 Å². The highest BCUT2D eigenvalue weighted by Gasteiger charge is 2.25. The first kappa shape index (κ1) is 21.0. The van der Waals surface area contributed by atoms with E-state index in [2.05, 4.69) is 57.6 Å². The molecule has 1 atom stereocenters. The van der Waals surface area contributed by atoms with E-state index >= 15 is 0 Å². The van der Waals surface area contributed by atoms with E-state index in [-0.39, 0.29) is 0 Å². The van der Waals surface area contributed by atoms with E-state index < -0.39 is 0 Å². The van der Waals surface area contributed by atoms with Gasteiger partial charge in [-0.1, -0.05) is 12.1 Å². The fourth-order valence-corrected chi connectivity index (χ4v) is 4.23. The number of pyridine rings is 1. The molecule has 31 heavy (non-hydrogen) atoms. The zero-order valence-corrected chi connectivity index (χ0v) is 18.7. The maximum Gasteiger partial charge on any atom is 0.156 e. The Balaban J connectivity index is 1.55. The Kier molecular flexibility index (Phi) is 6.01. The van der Waals surface area contributed by atoms with Crippen LogP contribution in [0.1, 0.15) is 28.8 Å². The van der Waals surface area contributed by atoms with Crippen molar-refractivity contribution in [2.75, 3.05) is 43.9 Å². The van der Waals surface area contributed by atoms with Gasteiger partial charge in [-0.25, -0.2) is 4.98 Å². The topological polar surface area (TPSA) is 81.0 Å². The monoisotopic (exact) mass is 415 g/mol. The molecule has 1 saturated heterocycles. The van der Waals surface area contributed by atoms with Crippen molar-refractivity contribution < 1.29 is 0 Å². The average molecular weight is 416 g/mol. The first-order chi connectivity index (χ1) is 15.0. The molecular weight excluding hydrogens is 386 g/mol. The number of likely N-dealkylation sites (N-methyl/N-ethyl adjacent to an activating group) is 1. The number of aromatic nitrogens is 3. The normalized spacial score (nSPS) is 16.1. The Morgan fingerprint density at radius 1 is 1.23 bits per heavy atom. The molecule has 7 nitrogen and oxygen atoms in total. The molecule has 3 heterocycles. The second-order valence-corrected chi connectivity index (χ2v) is 8.45. The third kappa shape index (κ3) is 4.30. The van der Waals surface area contributed by atoms with Crippen LogP contribution < -0.4 is 10.2 Å². The molecule has 0 saturated carbocycles. The predicted octanol–water partition coefficient (Wildman–Crippen LogP) is 3.31. The van der Waals surface area contributed by atoms with E-state index in [1.54, 1.807) is 0 Å². The number of hydrogen-bond acceptors (Lipinski definition) is 7. The molecule has 0 amide bonds. The molecule has 0 spiro atoms. The third-order valence-corrected chi connectivity index (χ3v) is 6.31. The summed E-state index contributed by atoms with van der Waals surface area (Å²) < 4.78 is 0. The van der Waals surface area contributed by atoms with Crippen molar-refractivity contribution in [3.63, 3.8) is 0 Å². The summed E-state index contributed by atoms with van der Waals surface area (Å²) >= 11 is 0. The van der Waals surface area contributed by atoms with Crippen LogP contribution in [0.5, 0.6) is 0 Å². The number of hydrogen-bond donors (Lipinski definition) is 1. The molecule has 7 heteroatoms. The molecule has 1 N–H and O–H groups in total. The van der Waals surface area contributed by atoms with Crippen molar-refractivity contribution in [3.05, 3.63) is 52.8 Å². The Hall–Kier alpha value is -3.24. The quantitative estimate of drug-likeness (QED) is 0.661. The van der Waals surface area contributed by atoms with Gasteiger partial charge >= 0.3 is 0 Å². The Labute approximate surface area is 183 Å². The van der Waals surface area contributed by atoms with Crippen LogP contribution in [0.2, 0.25) is 0 Å². The maximum absolute atomic E-state index is 9.26.